The maximum Gasteiger partial charge on any atom is 0.354 e. The van der Waals surface area contributed by atoms with E-state index in [-0.39, 0.29) is 18.0 Å². The number of aromatic nitrogens is 1. The van der Waals surface area contributed by atoms with Crippen LogP contribution in [0.4, 0.5) is 5.69 Å². The molecule has 2 aromatic heterocycles. The van der Waals surface area contributed by atoms with E-state index in [4.69, 9.17) is 9.15 Å². The minimum Gasteiger partial charge on any atom is -0.461 e. The number of nitrogens with one attached hydrogen (secondary N) is 1. The third-order valence-corrected chi connectivity index (χ3v) is 2.95. The number of furan rings is 1. The molecule has 0 aliphatic carbocycles. The summed E-state index contributed by atoms with van der Waals surface area (Å²) in [5.41, 5.74) is 1.35. The van der Waals surface area contributed by atoms with Crippen molar-refractivity contribution < 1.29 is 18.9 Å². The monoisotopic (exact) mass is 274 g/mol. The average Bonchev–Trinajstić information content (AvgIpc) is 2.95. The summed E-state index contributed by atoms with van der Waals surface area (Å²) >= 11 is 0. The van der Waals surface area contributed by atoms with Crippen molar-refractivity contribution in [2.75, 3.05) is 6.61 Å². The van der Waals surface area contributed by atoms with Gasteiger partial charge in [-0.25, -0.2) is 4.79 Å². The van der Waals surface area contributed by atoms with Crippen LogP contribution >= 0.6 is 0 Å². The van der Waals surface area contributed by atoms with Gasteiger partial charge < -0.3 is 14.1 Å². The first-order chi connectivity index (χ1) is 9.61. The van der Waals surface area contributed by atoms with Crippen molar-refractivity contribution >= 4 is 33.7 Å². The summed E-state index contributed by atoms with van der Waals surface area (Å²) < 4.78 is 10.4. The summed E-state index contributed by atoms with van der Waals surface area (Å²) in [6.07, 6.45) is 0. The van der Waals surface area contributed by atoms with Crippen LogP contribution < -0.4 is 0 Å². The van der Waals surface area contributed by atoms with Crippen LogP contribution in [0.15, 0.2) is 28.7 Å². The fourth-order valence-electron chi connectivity index (χ4n) is 2.15. The van der Waals surface area contributed by atoms with Crippen LogP contribution in [0, 0.1) is 10.1 Å². The summed E-state index contributed by atoms with van der Waals surface area (Å²) in [5.74, 6) is -0.523. The van der Waals surface area contributed by atoms with Crippen LogP contribution in [0.5, 0.6) is 0 Å². The van der Waals surface area contributed by atoms with Crippen molar-refractivity contribution in [3.8, 4) is 0 Å². The molecule has 0 saturated heterocycles. The quantitative estimate of drug-likeness (QED) is 0.449. The Bertz CT molecular complexity index is 830. The standard InChI is InChI=1S/C13H10N2O5/c1-2-19-13(16)7-6-10-12(14-7)11-8(15(17)18)4-3-5-9(11)20-10/h3-6,14H,2H2,1H3. The largest absolute Gasteiger partial charge is 0.461 e. The van der Waals surface area contributed by atoms with E-state index in [0.29, 0.717) is 22.1 Å². The minimum atomic E-state index is -0.523. The van der Waals surface area contributed by atoms with Gasteiger partial charge in [0.2, 0.25) is 0 Å². The Hall–Kier alpha value is -2.83. The van der Waals surface area contributed by atoms with Crippen molar-refractivity contribution in [1.29, 1.82) is 0 Å². The van der Waals surface area contributed by atoms with E-state index in [0.717, 1.165) is 0 Å². The van der Waals surface area contributed by atoms with Crippen molar-refractivity contribution in [2.45, 2.75) is 6.92 Å². The third-order valence-electron chi connectivity index (χ3n) is 2.95. The molecule has 0 atom stereocenters. The predicted octanol–water partition coefficient (Wildman–Crippen LogP) is 3.00. The zero-order chi connectivity index (χ0) is 14.3. The molecular formula is C13H10N2O5. The number of fused-ring (bicyclic) bond motifs is 3. The molecule has 0 spiro atoms. The predicted molar refractivity (Wildman–Crippen MR) is 70.7 cm³/mol. The molecule has 1 N–H and O–H groups in total. The number of nitro benzene ring substituents is 1. The Balaban J connectivity index is 2.25. The van der Waals surface area contributed by atoms with Crippen molar-refractivity contribution in [1.82, 2.24) is 4.98 Å². The number of hydrogen-bond acceptors (Lipinski definition) is 5. The van der Waals surface area contributed by atoms with Crippen molar-refractivity contribution in [3.63, 3.8) is 0 Å². The Kier molecular flexibility index (Phi) is 2.67. The third kappa shape index (κ3) is 1.71. The number of nitro groups is 1. The van der Waals surface area contributed by atoms with Gasteiger partial charge in [0.05, 0.1) is 11.5 Å². The molecule has 7 heteroatoms. The molecule has 3 aromatic rings. The molecule has 0 saturated carbocycles. The van der Waals surface area contributed by atoms with Gasteiger partial charge in [0.25, 0.3) is 5.69 Å². The second-order valence-electron chi connectivity index (χ2n) is 4.15. The number of carbonyl (C=O) groups is 1. The molecule has 7 nitrogen and oxygen atoms in total. The van der Waals surface area contributed by atoms with Crippen LogP contribution in [0.25, 0.3) is 22.1 Å². The molecule has 3 rings (SSSR count). The summed E-state index contributed by atoms with van der Waals surface area (Å²) in [5, 5.41) is 11.4. The molecule has 0 aliphatic rings. The van der Waals surface area contributed by atoms with Crippen LogP contribution in [-0.2, 0) is 4.74 Å². The molecule has 0 bridgehead atoms. The fraction of sp³-hybridized carbons (Fsp3) is 0.154. The Morgan fingerprint density at radius 2 is 2.25 bits per heavy atom. The summed E-state index contributed by atoms with van der Waals surface area (Å²) in [4.78, 5) is 25.0. The first-order valence-corrected chi connectivity index (χ1v) is 5.97. The van der Waals surface area contributed by atoms with E-state index >= 15 is 0 Å². The highest BCUT2D eigenvalue weighted by molar-refractivity contribution is 6.10. The van der Waals surface area contributed by atoms with Gasteiger partial charge in [-0.15, -0.1) is 0 Å². The van der Waals surface area contributed by atoms with Gasteiger partial charge in [0, 0.05) is 12.1 Å². The van der Waals surface area contributed by atoms with Gasteiger partial charge in [0.15, 0.2) is 5.58 Å². The molecule has 102 valence electrons. The first-order valence-electron chi connectivity index (χ1n) is 5.97. The SMILES string of the molecule is CCOC(=O)c1cc2oc3cccc([N+](=O)[O-])c3c2[nH]1. The fourth-order valence-corrected chi connectivity index (χ4v) is 2.15. The van der Waals surface area contributed by atoms with E-state index in [1.54, 1.807) is 19.1 Å². The highest BCUT2D eigenvalue weighted by Crippen LogP contribution is 2.35. The maximum absolute atomic E-state index is 11.6. The number of hydrogen-bond donors (Lipinski definition) is 1. The number of non-ortho nitro benzene ring substituents is 1. The number of rotatable bonds is 3. The molecule has 0 amide bonds. The summed E-state index contributed by atoms with van der Waals surface area (Å²) in [6, 6.07) is 6.06. The zero-order valence-electron chi connectivity index (χ0n) is 10.5. The van der Waals surface area contributed by atoms with Crippen molar-refractivity contribution in [3.05, 3.63) is 40.1 Å². The van der Waals surface area contributed by atoms with Gasteiger partial charge in [-0.3, -0.25) is 10.1 Å². The maximum atomic E-state index is 11.6. The smallest absolute Gasteiger partial charge is 0.354 e. The lowest BCUT2D eigenvalue weighted by Gasteiger charge is -1.97. The summed E-state index contributed by atoms with van der Waals surface area (Å²) in [7, 11) is 0. The molecule has 2 heterocycles. The van der Waals surface area contributed by atoms with Crippen LogP contribution in [0.3, 0.4) is 0 Å². The molecule has 1 aromatic carbocycles. The number of nitrogens with zero attached hydrogens (tertiary/aromatic N) is 1. The molecule has 0 fully saturated rings. The number of aromatic amines is 1. The van der Waals surface area contributed by atoms with E-state index < -0.39 is 10.9 Å². The lowest BCUT2D eigenvalue weighted by molar-refractivity contribution is -0.383. The van der Waals surface area contributed by atoms with Gasteiger partial charge >= 0.3 is 5.97 Å². The number of carbonyl (C=O) groups excluding carboxylic acids is 1. The van der Waals surface area contributed by atoms with E-state index in [1.165, 1.54) is 12.1 Å². The van der Waals surface area contributed by atoms with E-state index in [1.807, 2.05) is 0 Å². The average molecular weight is 274 g/mol. The molecule has 0 unspecified atom stereocenters. The first kappa shape index (κ1) is 12.2. The normalized spacial score (nSPS) is 11.1. The van der Waals surface area contributed by atoms with Crippen LogP contribution in [0.2, 0.25) is 0 Å². The summed E-state index contributed by atoms with van der Waals surface area (Å²) in [6.45, 7) is 1.95. The highest BCUT2D eigenvalue weighted by atomic mass is 16.6. The Labute approximate surface area is 112 Å². The minimum absolute atomic E-state index is 0.0708. The second-order valence-corrected chi connectivity index (χ2v) is 4.15. The number of ether oxygens (including phenoxy) is 1. The lowest BCUT2D eigenvalue weighted by Crippen LogP contribution is -2.04. The van der Waals surface area contributed by atoms with Crippen LogP contribution in [-0.4, -0.2) is 22.5 Å². The topological polar surface area (TPSA) is 98.4 Å². The van der Waals surface area contributed by atoms with Gasteiger partial charge in [-0.05, 0) is 13.0 Å². The molecule has 20 heavy (non-hydrogen) atoms. The number of esters is 1. The number of benzene rings is 1. The lowest BCUT2D eigenvalue weighted by atomic mass is 10.2. The van der Waals surface area contributed by atoms with Gasteiger partial charge in [0.1, 0.15) is 22.2 Å². The van der Waals surface area contributed by atoms with E-state index in [2.05, 4.69) is 4.98 Å². The van der Waals surface area contributed by atoms with Crippen LogP contribution in [0.1, 0.15) is 17.4 Å². The van der Waals surface area contributed by atoms with E-state index in [9.17, 15) is 14.9 Å². The molecular weight excluding hydrogens is 264 g/mol. The van der Waals surface area contributed by atoms with Gasteiger partial charge in [-0.2, -0.15) is 0 Å². The Morgan fingerprint density at radius 1 is 1.45 bits per heavy atom. The number of H-pyrrole nitrogens is 1. The Morgan fingerprint density at radius 3 is 2.95 bits per heavy atom. The molecule has 0 radical (unpaired) electrons. The zero-order valence-corrected chi connectivity index (χ0v) is 10.5. The second kappa shape index (κ2) is 4.37. The molecule has 0 aliphatic heterocycles. The van der Waals surface area contributed by atoms with Gasteiger partial charge in [-0.1, -0.05) is 6.07 Å². The van der Waals surface area contributed by atoms with Crippen molar-refractivity contribution in [2.24, 2.45) is 0 Å². The highest BCUT2D eigenvalue weighted by Gasteiger charge is 2.21.